The SMILES string of the molecule is CC(NC(=O)c1ccc(I)cc1NS(=O)(=O)c1cccc2nccnc12)c1ccc(Cl)cc1Cl. The van der Waals surface area contributed by atoms with Gasteiger partial charge in [0, 0.05) is 26.0 Å². The molecule has 0 saturated carbocycles. The summed E-state index contributed by atoms with van der Waals surface area (Å²) in [7, 11) is -4.08. The molecule has 4 rings (SSSR count). The van der Waals surface area contributed by atoms with Crippen molar-refractivity contribution in [1.82, 2.24) is 15.3 Å². The molecule has 0 saturated heterocycles. The molecule has 1 amide bonds. The highest BCUT2D eigenvalue weighted by Gasteiger charge is 2.23. The molecule has 4 aromatic rings. The van der Waals surface area contributed by atoms with Crippen molar-refractivity contribution in [2.45, 2.75) is 17.9 Å². The minimum absolute atomic E-state index is 0.0374. The number of anilines is 1. The van der Waals surface area contributed by atoms with Gasteiger partial charge in [-0.1, -0.05) is 35.3 Å². The van der Waals surface area contributed by atoms with Crippen molar-refractivity contribution in [2.24, 2.45) is 0 Å². The molecule has 7 nitrogen and oxygen atoms in total. The van der Waals surface area contributed by atoms with E-state index in [-0.39, 0.29) is 21.7 Å². The molecule has 3 aromatic carbocycles. The summed E-state index contributed by atoms with van der Waals surface area (Å²) < 4.78 is 29.9. The molecule has 2 N–H and O–H groups in total. The van der Waals surface area contributed by atoms with Gasteiger partial charge < -0.3 is 5.32 Å². The van der Waals surface area contributed by atoms with Crippen LogP contribution < -0.4 is 10.0 Å². The van der Waals surface area contributed by atoms with Crippen molar-refractivity contribution in [1.29, 1.82) is 0 Å². The molecule has 0 radical (unpaired) electrons. The van der Waals surface area contributed by atoms with Crippen LogP contribution in [0.2, 0.25) is 10.0 Å². The first kappa shape index (κ1) is 24.6. The van der Waals surface area contributed by atoms with Crippen LogP contribution in [0.25, 0.3) is 11.0 Å². The van der Waals surface area contributed by atoms with Gasteiger partial charge in [0.2, 0.25) is 0 Å². The lowest BCUT2D eigenvalue weighted by Crippen LogP contribution is -2.28. The minimum atomic E-state index is -4.08. The van der Waals surface area contributed by atoms with E-state index in [0.717, 1.165) is 3.57 Å². The summed E-state index contributed by atoms with van der Waals surface area (Å²) in [6.45, 7) is 1.78. The lowest BCUT2D eigenvalue weighted by molar-refractivity contribution is 0.0941. The number of sulfonamides is 1. The van der Waals surface area contributed by atoms with E-state index in [1.165, 1.54) is 18.5 Å². The maximum absolute atomic E-state index is 13.3. The van der Waals surface area contributed by atoms with Crippen LogP contribution in [0.4, 0.5) is 5.69 Å². The van der Waals surface area contributed by atoms with Gasteiger partial charge in [-0.15, -0.1) is 0 Å². The van der Waals surface area contributed by atoms with E-state index in [4.69, 9.17) is 23.2 Å². The Morgan fingerprint density at radius 2 is 1.79 bits per heavy atom. The van der Waals surface area contributed by atoms with Crippen LogP contribution in [-0.2, 0) is 10.0 Å². The Morgan fingerprint density at radius 1 is 1.03 bits per heavy atom. The highest BCUT2D eigenvalue weighted by atomic mass is 127. The number of carbonyl (C=O) groups is 1. The number of rotatable bonds is 6. The molecule has 0 aliphatic heterocycles. The molecule has 1 heterocycles. The third kappa shape index (κ3) is 5.27. The first-order valence-electron chi connectivity index (χ1n) is 9.93. The number of aromatic nitrogens is 2. The van der Waals surface area contributed by atoms with Crippen molar-refractivity contribution < 1.29 is 13.2 Å². The molecule has 11 heteroatoms. The van der Waals surface area contributed by atoms with E-state index < -0.39 is 22.0 Å². The van der Waals surface area contributed by atoms with E-state index in [9.17, 15) is 13.2 Å². The zero-order valence-corrected chi connectivity index (χ0v) is 22.1. The van der Waals surface area contributed by atoms with E-state index in [1.807, 2.05) is 22.6 Å². The molecular weight excluding hydrogens is 610 g/mol. The van der Waals surface area contributed by atoms with Gasteiger partial charge >= 0.3 is 0 Å². The zero-order valence-electron chi connectivity index (χ0n) is 17.6. The molecule has 0 fully saturated rings. The van der Waals surface area contributed by atoms with Crippen LogP contribution in [0.1, 0.15) is 28.9 Å². The van der Waals surface area contributed by atoms with Gasteiger partial charge in [0.05, 0.1) is 22.8 Å². The fourth-order valence-electron chi connectivity index (χ4n) is 3.39. The second-order valence-corrected chi connectivity index (χ2v) is 11.1. The fraction of sp³-hybridized carbons (Fsp3) is 0.0870. The lowest BCUT2D eigenvalue weighted by atomic mass is 10.1. The Morgan fingerprint density at radius 3 is 2.56 bits per heavy atom. The van der Waals surface area contributed by atoms with Crippen molar-refractivity contribution in [3.05, 3.63) is 91.7 Å². The number of hydrogen-bond acceptors (Lipinski definition) is 5. The number of hydrogen-bond donors (Lipinski definition) is 2. The molecule has 174 valence electrons. The molecule has 1 unspecified atom stereocenters. The number of benzene rings is 3. The second-order valence-electron chi connectivity index (χ2n) is 7.34. The molecule has 1 atom stereocenters. The number of nitrogens with one attached hydrogen (secondary N) is 2. The van der Waals surface area contributed by atoms with Gasteiger partial charge in [-0.3, -0.25) is 19.5 Å². The van der Waals surface area contributed by atoms with Crippen LogP contribution in [0.3, 0.4) is 0 Å². The molecule has 0 aliphatic carbocycles. The molecular formula is C23H17Cl2IN4O3S. The van der Waals surface area contributed by atoms with Crippen LogP contribution in [0, 0.1) is 3.57 Å². The van der Waals surface area contributed by atoms with Crippen LogP contribution >= 0.6 is 45.8 Å². The van der Waals surface area contributed by atoms with Gasteiger partial charge in [-0.2, -0.15) is 0 Å². The summed E-state index contributed by atoms with van der Waals surface area (Å²) in [5.41, 5.74) is 1.66. The number of fused-ring (bicyclic) bond motifs is 1. The smallest absolute Gasteiger partial charge is 0.264 e. The lowest BCUT2D eigenvalue weighted by Gasteiger charge is -2.18. The fourth-order valence-corrected chi connectivity index (χ4v) is 5.69. The van der Waals surface area contributed by atoms with Gasteiger partial charge in [0.15, 0.2) is 0 Å². The summed E-state index contributed by atoms with van der Waals surface area (Å²) >= 11 is 14.3. The number of amides is 1. The highest BCUT2D eigenvalue weighted by molar-refractivity contribution is 14.1. The van der Waals surface area contributed by atoms with E-state index in [1.54, 1.807) is 55.5 Å². The van der Waals surface area contributed by atoms with Crippen molar-refractivity contribution in [3.8, 4) is 0 Å². The monoisotopic (exact) mass is 626 g/mol. The largest absolute Gasteiger partial charge is 0.345 e. The standard InChI is InChI=1S/C23H17Cl2IN4O3S/c1-13(16-7-5-14(24)11-18(16)25)29-23(31)17-8-6-15(26)12-20(17)30-34(32,33)21-4-2-3-19-22(21)28-10-9-27-19/h2-13,30H,1H3,(H,29,31). The molecule has 0 spiro atoms. The Kier molecular flexibility index (Phi) is 7.27. The average Bonchev–Trinajstić information content (AvgIpc) is 2.78. The molecule has 34 heavy (non-hydrogen) atoms. The maximum Gasteiger partial charge on any atom is 0.264 e. The third-order valence-corrected chi connectivity index (χ3v) is 7.63. The average molecular weight is 627 g/mol. The first-order chi connectivity index (χ1) is 16.2. The summed E-state index contributed by atoms with van der Waals surface area (Å²) in [5.74, 6) is -0.467. The number of halogens is 3. The van der Waals surface area contributed by atoms with E-state index in [2.05, 4.69) is 20.0 Å². The number of para-hydroxylation sites is 1. The highest BCUT2D eigenvalue weighted by Crippen LogP contribution is 2.28. The quantitative estimate of drug-likeness (QED) is 0.262. The third-order valence-electron chi connectivity index (χ3n) is 5.00. The van der Waals surface area contributed by atoms with Crippen LogP contribution in [0.15, 0.2) is 71.9 Å². The molecule has 1 aromatic heterocycles. The summed E-state index contributed by atoms with van der Waals surface area (Å²) in [5, 5.41) is 3.77. The zero-order chi connectivity index (χ0) is 24.5. The van der Waals surface area contributed by atoms with Crippen LogP contribution in [-0.4, -0.2) is 24.3 Å². The number of carbonyl (C=O) groups excluding carboxylic acids is 1. The minimum Gasteiger partial charge on any atom is -0.345 e. The van der Waals surface area contributed by atoms with Crippen molar-refractivity contribution in [3.63, 3.8) is 0 Å². The van der Waals surface area contributed by atoms with E-state index in [0.29, 0.717) is 21.1 Å². The Hall–Kier alpha value is -2.47. The van der Waals surface area contributed by atoms with Gasteiger partial charge in [-0.25, -0.2) is 8.42 Å². The second kappa shape index (κ2) is 10.0. The number of nitrogens with zero attached hydrogens (tertiary/aromatic N) is 2. The molecule has 0 aliphatic rings. The first-order valence-corrected chi connectivity index (χ1v) is 13.3. The van der Waals surface area contributed by atoms with Gasteiger partial charge in [0.25, 0.3) is 15.9 Å². The summed E-state index contributed by atoms with van der Waals surface area (Å²) in [6.07, 6.45) is 2.91. The Bertz CT molecular complexity index is 1510. The van der Waals surface area contributed by atoms with Gasteiger partial charge in [0.1, 0.15) is 10.4 Å². The predicted molar refractivity (Wildman–Crippen MR) is 142 cm³/mol. The predicted octanol–water partition coefficient (Wildman–Crippen LogP) is 5.83. The summed E-state index contributed by atoms with van der Waals surface area (Å²) in [6, 6.07) is 14.1. The van der Waals surface area contributed by atoms with Gasteiger partial charge in [-0.05, 0) is 77.5 Å². The van der Waals surface area contributed by atoms with Crippen LogP contribution in [0.5, 0.6) is 0 Å². The van der Waals surface area contributed by atoms with Crippen molar-refractivity contribution >= 4 is 78.4 Å². The van der Waals surface area contributed by atoms with E-state index >= 15 is 0 Å². The van der Waals surface area contributed by atoms with Crippen molar-refractivity contribution in [2.75, 3.05) is 4.72 Å². The summed E-state index contributed by atoms with van der Waals surface area (Å²) in [4.78, 5) is 21.4. The maximum atomic E-state index is 13.3. The Balaban J connectivity index is 1.66. The topological polar surface area (TPSA) is 101 Å². The molecule has 0 bridgehead atoms. The Labute approximate surface area is 220 Å². The normalized spacial score (nSPS) is 12.4.